The van der Waals surface area contributed by atoms with E-state index in [1.807, 2.05) is 0 Å². The SMILES string of the molecule is COCCOCCOCCOC1OC(CO)C(O)C(O)C1O. The van der Waals surface area contributed by atoms with Crippen molar-refractivity contribution < 1.29 is 44.1 Å². The zero-order valence-electron chi connectivity index (χ0n) is 12.7. The molecule has 1 rings (SSSR count). The van der Waals surface area contributed by atoms with Gasteiger partial charge < -0.3 is 44.1 Å². The Bertz CT molecular complexity index is 276. The molecule has 0 aromatic carbocycles. The molecule has 0 bridgehead atoms. The molecular formula is C13H26O9. The second-order valence-corrected chi connectivity index (χ2v) is 4.79. The van der Waals surface area contributed by atoms with Crippen molar-refractivity contribution in [3.05, 3.63) is 0 Å². The standard InChI is InChI=1S/C13H26O9/c1-18-2-3-19-4-5-20-6-7-21-13-12(17)11(16)10(15)9(8-14)22-13/h9-17H,2-8H2,1H3. The molecule has 1 fully saturated rings. The van der Waals surface area contributed by atoms with Crippen LogP contribution >= 0.6 is 0 Å². The fraction of sp³-hybridized carbons (Fsp3) is 1.00. The van der Waals surface area contributed by atoms with E-state index in [2.05, 4.69) is 0 Å². The lowest BCUT2D eigenvalue weighted by Crippen LogP contribution is -2.59. The second kappa shape index (κ2) is 11.2. The highest BCUT2D eigenvalue weighted by atomic mass is 16.7. The maximum absolute atomic E-state index is 9.73. The molecule has 5 unspecified atom stereocenters. The summed E-state index contributed by atoms with van der Waals surface area (Å²) >= 11 is 0. The number of hydrogen-bond donors (Lipinski definition) is 4. The van der Waals surface area contributed by atoms with Crippen molar-refractivity contribution in [2.45, 2.75) is 30.7 Å². The highest BCUT2D eigenvalue weighted by Gasteiger charge is 2.43. The molecule has 5 atom stereocenters. The van der Waals surface area contributed by atoms with Gasteiger partial charge in [0.05, 0.1) is 46.2 Å². The third-order valence-corrected chi connectivity index (χ3v) is 3.16. The summed E-state index contributed by atoms with van der Waals surface area (Å²) in [5.74, 6) is 0. The molecular weight excluding hydrogens is 300 g/mol. The monoisotopic (exact) mass is 326 g/mol. The molecule has 22 heavy (non-hydrogen) atoms. The van der Waals surface area contributed by atoms with E-state index in [0.29, 0.717) is 26.4 Å². The van der Waals surface area contributed by atoms with Crippen LogP contribution in [0.4, 0.5) is 0 Å². The lowest BCUT2D eigenvalue weighted by Gasteiger charge is -2.39. The summed E-state index contributed by atoms with van der Waals surface area (Å²) in [5.41, 5.74) is 0. The van der Waals surface area contributed by atoms with E-state index in [0.717, 1.165) is 0 Å². The van der Waals surface area contributed by atoms with Crippen LogP contribution in [0.15, 0.2) is 0 Å². The lowest BCUT2D eigenvalue weighted by atomic mass is 9.99. The Labute approximate surface area is 129 Å². The van der Waals surface area contributed by atoms with Crippen molar-refractivity contribution in [3.8, 4) is 0 Å². The summed E-state index contributed by atoms with van der Waals surface area (Å²) in [7, 11) is 1.59. The first kappa shape index (κ1) is 19.7. The van der Waals surface area contributed by atoms with Crippen LogP contribution in [0.5, 0.6) is 0 Å². The molecule has 0 amide bonds. The van der Waals surface area contributed by atoms with Gasteiger partial charge in [0.25, 0.3) is 0 Å². The molecule has 1 aliphatic heterocycles. The minimum atomic E-state index is -1.44. The van der Waals surface area contributed by atoms with E-state index >= 15 is 0 Å². The van der Waals surface area contributed by atoms with Crippen LogP contribution in [0.3, 0.4) is 0 Å². The Morgan fingerprint density at radius 1 is 0.818 bits per heavy atom. The maximum atomic E-state index is 9.73. The predicted octanol–water partition coefficient (Wildman–Crippen LogP) is -2.52. The van der Waals surface area contributed by atoms with E-state index in [9.17, 15) is 15.3 Å². The van der Waals surface area contributed by atoms with Crippen LogP contribution in [0, 0.1) is 0 Å². The normalized spacial score (nSPS) is 32.3. The Morgan fingerprint density at radius 2 is 1.41 bits per heavy atom. The molecule has 0 spiro atoms. The molecule has 132 valence electrons. The molecule has 4 N–H and O–H groups in total. The second-order valence-electron chi connectivity index (χ2n) is 4.79. The summed E-state index contributed by atoms with van der Waals surface area (Å²) in [6, 6.07) is 0. The minimum Gasteiger partial charge on any atom is -0.394 e. The van der Waals surface area contributed by atoms with E-state index in [1.165, 1.54) is 0 Å². The molecule has 0 aromatic heterocycles. The van der Waals surface area contributed by atoms with Gasteiger partial charge in [-0.25, -0.2) is 0 Å². The molecule has 0 radical (unpaired) electrons. The van der Waals surface area contributed by atoms with E-state index in [1.54, 1.807) is 7.11 Å². The average Bonchev–Trinajstić information content (AvgIpc) is 2.53. The molecule has 0 aromatic rings. The Hall–Kier alpha value is -0.360. The number of methoxy groups -OCH3 is 1. The highest BCUT2D eigenvalue weighted by molar-refractivity contribution is 4.88. The van der Waals surface area contributed by atoms with Crippen molar-refractivity contribution in [1.29, 1.82) is 0 Å². The Balaban J connectivity index is 2.11. The van der Waals surface area contributed by atoms with Gasteiger partial charge in [-0.2, -0.15) is 0 Å². The maximum Gasteiger partial charge on any atom is 0.186 e. The topological polar surface area (TPSA) is 127 Å². The first-order valence-electron chi connectivity index (χ1n) is 7.18. The summed E-state index contributed by atoms with van der Waals surface area (Å²) in [6.45, 7) is 1.75. The Morgan fingerprint density at radius 3 is 2.00 bits per heavy atom. The zero-order valence-corrected chi connectivity index (χ0v) is 12.7. The van der Waals surface area contributed by atoms with Crippen molar-refractivity contribution >= 4 is 0 Å². The molecule has 0 aliphatic carbocycles. The molecule has 9 nitrogen and oxygen atoms in total. The van der Waals surface area contributed by atoms with Crippen molar-refractivity contribution in [2.24, 2.45) is 0 Å². The predicted molar refractivity (Wildman–Crippen MR) is 73.2 cm³/mol. The van der Waals surface area contributed by atoms with Gasteiger partial charge in [0.1, 0.15) is 24.4 Å². The first-order valence-corrected chi connectivity index (χ1v) is 7.18. The van der Waals surface area contributed by atoms with Crippen LogP contribution < -0.4 is 0 Å². The van der Waals surface area contributed by atoms with Crippen LogP contribution in [0.25, 0.3) is 0 Å². The smallest absolute Gasteiger partial charge is 0.186 e. The van der Waals surface area contributed by atoms with Gasteiger partial charge in [0.2, 0.25) is 0 Å². The number of rotatable bonds is 11. The third-order valence-electron chi connectivity index (χ3n) is 3.16. The molecule has 9 heteroatoms. The van der Waals surface area contributed by atoms with Crippen LogP contribution in [0.2, 0.25) is 0 Å². The van der Waals surface area contributed by atoms with Crippen LogP contribution in [0.1, 0.15) is 0 Å². The van der Waals surface area contributed by atoms with Crippen LogP contribution in [-0.2, 0) is 23.7 Å². The summed E-state index contributed by atoms with van der Waals surface area (Å²) in [5, 5.41) is 38.0. The molecule has 1 saturated heterocycles. The van der Waals surface area contributed by atoms with Gasteiger partial charge in [-0.3, -0.25) is 0 Å². The third kappa shape index (κ3) is 6.41. The zero-order chi connectivity index (χ0) is 16.4. The Kier molecular flexibility index (Phi) is 10.0. The lowest BCUT2D eigenvalue weighted by molar-refractivity contribution is -0.302. The van der Waals surface area contributed by atoms with E-state index < -0.39 is 37.3 Å². The number of ether oxygens (including phenoxy) is 5. The summed E-state index contributed by atoms with van der Waals surface area (Å²) in [6.07, 6.45) is -6.32. The summed E-state index contributed by atoms with van der Waals surface area (Å²) < 4.78 is 25.7. The minimum absolute atomic E-state index is 0.126. The fourth-order valence-electron chi connectivity index (χ4n) is 1.89. The quantitative estimate of drug-likeness (QED) is 0.304. The van der Waals surface area contributed by atoms with Gasteiger partial charge in [-0.15, -0.1) is 0 Å². The molecule has 1 aliphatic rings. The highest BCUT2D eigenvalue weighted by Crippen LogP contribution is 2.21. The molecule has 1 heterocycles. The number of aliphatic hydroxyl groups is 4. The van der Waals surface area contributed by atoms with Crippen LogP contribution in [-0.4, -0.2) is 104 Å². The van der Waals surface area contributed by atoms with Gasteiger partial charge in [-0.05, 0) is 0 Å². The molecule has 0 saturated carbocycles. The average molecular weight is 326 g/mol. The summed E-state index contributed by atoms with van der Waals surface area (Å²) in [4.78, 5) is 0. The largest absolute Gasteiger partial charge is 0.394 e. The van der Waals surface area contributed by atoms with E-state index in [4.69, 9.17) is 28.8 Å². The number of hydrogen-bond acceptors (Lipinski definition) is 9. The van der Waals surface area contributed by atoms with E-state index in [-0.39, 0.29) is 13.2 Å². The van der Waals surface area contributed by atoms with Gasteiger partial charge in [0, 0.05) is 7.11 Å². The first-order chi connectivity index (χ1) is 10.6. The van der Waals surface area contributed by atoms with Gasteiger partial charge in [-0.1, -0.05) is 0 Å². The van der Waals surface area contributed by atoms with Gasteiger partial charge in [0.15, 0.2) is 6.29 Å². The van der Waals surface area contributed by atoms with Crippen molar-refractivity contribution in [3.63, 3.8) is 0 Å². The van der Waals surface area contributed by atoms with Crippen molar-refractivity contribution in [1.82, 2.24) is 0 Å². The number of aliphatic hydroxyl groups excluding tert-OH is 4. The van der Waals surface area contributed by atoms with Crippen molar-refractivity contribution in [2.75, 3.05) is 53.4 Å². The van der Waals surface area contributed by atoms with Gasteiger partial charge >= 0.3 is 0 Å². The fourth-order valence-corrected chi connectivity index (χ4v) is 1.89.